The van der Waals surface area contributed by atoms with Crippen molar-refractivity contribution >= 4 is 34.0 Å². The van der Waals surface area contributed by atoms with Crippen molar-refractivity contribution in [3.63, 3.8) is 0 Å². The summed E-state index contributed by atoms with van der Waals surface area (Å²) in [6, 6.07) is 8.94. The molecule has 3 amide bonds. The first-order valence-corrected chi connectivity index (χ1v) is 8.85. The molecule has 25 heavy (non-hydrogen) atoms. The van der Waals surface area contributed by atoms with Crippen LogP contribution in [-0.4, -0.2) is 31.8 Å². The first-order chi connectivity index (χ1) is 12.2. The molecule has 0 saturated carbocycles. The van der Waals surface area contributed by atoms with E-state index in [1.54, 1.807) is 4.90 Å². The van der Waals surface area contributed by atoms with E-state index in [2.05, 4.69) is 10.6 Å². The predicted molar refractivity (Wildman–Crippen MR) is 94.4 cm³/mol. The van der Waals surface area contributed by atoms with Gasteiger partial charge in [-0.05, 0) is 29.6 Å². The molecule has 8 heteroatoms. The highest BCUT2D eigenvalue weighted by Crippen LogP contribution is 2.37. The van der Waals surface area contributed by atoms with Crippen LogP contribution in [-0.2, 0) is 4.79 Å². The number of carbonyl (C=O) groups is 2. The zero-order chi connectivity index (χ0) is 17.2. The fourth-order valence-electron chi connectivity index (χ4n) is 2.96. The van der Waals surface area contributed by atoms with Crippen molar-refractivity contribution in [2.75, 3.05) is 30.1 Å². The van der Waals surface area contributed by atoms with Gasteiger partial charge in [0.1, 0.15) is 0 Å². The van der Waals surface area contributed by atoms with Crippen LogP contribution in [0.5, 0.6) is 11.5 Å². The molecule has 0 radical (unpaired) electrons. The minimum atomic E-state index is -0.253. The lowest BCUT2D eigenvalue weighted by molar-refractivity contribution is -0.117. The van der Waals surface area contributed by atoms with Gasteiger partial charge in [-0.3, -0.25) is 10.1 Å². The zero-order valence-corrected chi connectivity index (χ0v) is 14.2. The standard InChI is InChI=1S/C17H17N3O4S/c21-16-6-11(8-18-17(22)19-15-2-1-5-25-15)9-20(16)12-3-4-13-14(7-12)24-10-23-13/h1-5,7,11H,6,8-10H2,(H2,18,19,22)/t11-/m1/s1. The zero-order valence-electron chi connectivity index (χ0n) is 13.4. The van der Waals surface area contributed by atoms with E-state index in [0.29, 0.717) is 31.0 Å². The SMILES string of the molecule is O=C(NC[C@H]1CC(=O)N(c2ccc3c(c2)OCO3)C1)Nc1cccs1. The maximum Gasteiger partial charge on any atom is 0.319 e. The van der Waals surface area contributed by atoms with Crippen LogP contribution in [0.1, 0.15) is 6.42 Å². The molecule has 7 nitrogen and oxygen atoms in total. The normalized spacial score (nSPS) is 18.5. The van der Waals surface area contributed by atoms with Crippen LogP contribution in [0.4, 0.5) is 15.5 Å². The number of nitrogens with zero attached hydrogens (tertiary/aromatic N) is 1. The number of benzene rings is 1. The fourth-order valence-corrected chi connectivity index (χ4v) is 3.58. The van der Waals surface area contributed by atoms with Gasteiger partial charge >= 0.3 is 6.03 Å². The summed E-state index contributed by atoms with van der Waals surface area (Å²) in [6.07, 6.45) is 0.410. The second-order valence-corrected chi connectivity index (χ2v) is 6.87. The van der Waals surface area contributed by atoms with Crippen molar-refractivity contribution < 1.29 is 19.1 Å². The number of nitrogens with one attached hydrogen (secondary N) is 2. The van der Waals surface area contributed by atoms with Crippen molar-refractivity contribution in [1.29, 1.82) is 0 Å². The van der Waals surface area contributed by atoms with E-state index in [0.717, 1.165) is 10.7 Å². The molecule has 1 saturated heterocycles. The smallest absolute Gasteiger partial charge is 0.319 e. The van der Waals surface area contributed by atoms with Crippen molar-refractivity contribution in [3.8, 4) is 11.5 Å². The van der Waals surface area contributed by atoms with E-state index in [9.17, 15) is 9.59 Å². The third kappa shape index (κ3) is 3.39. The van der Waals surface area contributed by atoms with Gasteiger partial charge in [-0.1, -0.05) is 0 Å². The van der Waals surface area contributed by atoms with Gasteiger partial charge < -0.3 is 19.7 Å². The Morgan fingerprint density at radius 3 is 3.00 bits per heavy atom. The van der Waals surface area contributed by atoms with Crippen LogP contribution in [0.2, 0.25) is 0 Å². The highest BCUT2D eigenvalue weighted by atomic mass is 32.1. The monoisotopic (exact) mass is 359 g/mol. The summed E-state index contributed by atoms with van der Waals surface area (Å²) in [5.41, 5.74) is 0.791. The molecular weight excluding hydrogens is 342 g/mol. The Balaban J connectivity index is 1.33. The predicted octanol–water partition coefficient (Wildman–Crippen LogP) is 2.65. The van der Waals surface area contributed by atoms with Crippen molar-refractivity contribution in [3.05, 3.63) is 35.7 Å². The maximum atomic E-state index is 12.3. The number of amides is 3. The average Bonchev–Trinajstić information content (AvgIpc) is 3.33. The Hall–Kier alpha value is -2.74. The summed E-state index contributed by atoms with van der Waals surface area (Å²) < 4.78 is 10.7. The van der Waals surface area contributed by atoms with Gasteiger partial charge in [0.15, 0.2) is 11.5 Å². The van der Waals surface area contributed by atoms with Gasteiger partial charge in [0, 0.05) is 37.2 Å². The Kier molecular flexibility index (Phi) is 4.19. The van der Waals surface area contributed by atoms with Crippen molar-refractivity contribution in [2.24, 2.45) is 5.92 Å². The molecule has 130 valence electrons. The summed E-state index contributed by atoms with van der Waals surface area (Å²) in [7, 11) is 0. The Morgan fingerprint density at radius 1 is 1.28 bits per heavy atom. The van der Waals surface area contributed by atoms with E-state index in [1.807, 2.05) is 35.7 Å². The quantitative estimate of drug-likeness (QED) is 0.880. The topological polar surface area (TPSA) is 79.9 Å². The number of anilines is 2. The molecule has 1 fully saturated rings. The van der Waals surface area contributed by atoms with E-state index in [-0.39, 0.29) is 24.6 Å². The number of carbonyl (C=O) groups excluding carboxylic acids is 2. The summed E-state index contributed by atoms with van der Waals surface area (Å²) in [5, 5.41) is 8.29. The Morgan fingerprint density at radius 2 is 2.16 bits per heavy atom. The number of ether oxygens (including phenoxy) is 2. The van der Waals surface area contributed by atoms with Crippen molar-refractivity contribution in [1.82, 2.24) is 5.32 Å². The van der Waals surface area contributed by atoms with Crippen LogP contribution in [0, 0.1) is 5.92 Å². The molecule has 1 aromatic heterocycles. The minimum absolute atomic E-state index is 0.0457. The molecule has 2 N–H and O–H groups in total. The second-order valence-electron chi connectivity index (χ2n) is 5.92. The summed E-state index contributed by atoms with van der Waals surface area (Å²) in [4.78, 5) is 25.9. The first kappa shape index (κ1) is 15.8. The molecule has 2 aliphatic heterocycles. The van der Waals surface area contributed by atoms with Crippen LogP contribution in [0.25, 0.3) is 0 Å². The van der Waals surface area contributed by atoms with Gasteiger partial charge in [-0.15, -0.1) is 11.3 Å². The lowest BCUT2D eigenvalue weighted by Crippen LogP contribution is -2.34. The molecule has 0 bridgehead atoms. The maximum absolute atomic E-state index is 12.3. The molecule has 2 aliphatic rings. The Bertz CT molecular complexity index is 793. The van der Waals surface area contributed by atoms with Crippen LogP contribution in [0.15, 0.2) is 35.7 Å². The Labute approximate surface area is 148 Å². The summed E-state index contributed by atoms with van der Waals surface area (Å²) >= 11 is 1.46. The molecule has 1 atom stereocenters. The lowest BCUT2D eigenvalue weighted by Gasteiger charge is -2.17. The van der Waals surface area contributed by atoms with Gasteiger partial charge in [-0.2, -0.15) is 0 Å². The molecule has 2 aromatic rings. The van der Waals surface area contributed by atoms with E-state index in [4.69, 9.17) is 9.47 Å². The molecule has 0 unspecified atom stereocenters. The van der Waals surface area contributed by atoms with Crippen LogP contribution < -0.4 is 25.0 Å². The van der Waals surface area contributed by atoms with E-state index >= 15 is 0 Å². The van der Waals surface area contributed by atoms with Crippen molar-refractivity contribution in [2.45, 2.75) is 6.42 Å². The number of rotatable bonds is 4. The second kappa shape index (κ2) is 6.64. The molecule has 1 aromatic carbocycles. The highest BCUT2D eigenvalue weighted by molar-refractivity contribution is 7.14. The van der Waals surface area contributed by atoms with E-state index < -0.39 is 0 Å². The molecule has 0 spiro atoms. The summed E-state index contributed by atoms with van der Waals surface area (Å²) in [6.45, 7) is 1.22. The van der Waals surface area contributed by atoms with E-state index in [1.165, 1.54) is 11.3 Å². The van der Waals surface area contributed by atoms with Gasteiger partial charge in [-0.25, -0.2) is 4.79 Å². The number of urea groups is 1. The fraction of sp³-hybridized carbons (Fsp3) is 0.294. The molecular formula is C17H17N3O4S. The average molecular weight is 359 g/mol. The molecule has 4 rings (SSSR count). The molecule has 3 heterocycles. The van der Waals surface area contributed by atoms with Gasteiger partial charge in [0.2, 0.25) is 12.7 Å². The van der Waals surface area contributed by atoms with Gasteiger partial charge in [0.25, 0.3) is 0 Å². The number of thiophene rings is 1. The molecule has 0 aliphatic carbocycles. The number of hydrogen-bond acceptors (Lipinski definition) is 5. The van der Waals surface area contributed by atoms with Crippen LogP contribution in [0.3, 0.4) is 0 Å². The van der Waals surface area contributed by atoms with Crippen LogP contribution >= 0.6 is 11.3 Å². The van der Waals surface area contributed by atoms with Gasteiger partial charge in [0.05, 0.1) is 5.00 Å². The first-order valence-electron chi connectivity index (χ1n) is 7.97. The lowest BCUT2D eigenvalue weighted by atomic mass is 10.1. The number of fused-ring (bicyclic) bond motifs is 1. The highest BCUT2D eigenvalue weighted by Gasteiger charge is 2.31. The third-order valence-corrected chi connectivity index (χ3v) is 4.97. The summed E-state index contributed by atoms with van der Waals surface area (Å²) in [5.74, 6) is 1.47. The number of hydrogen-bond donors (Lipinski definition) is 2. The largest absolute Gasteiger partial charge is 0.454 e. The minimum Gasteiger partial charge on any atom is -0.454 e. The third-order valence-electron chi connectivity index (χ3n) is 4.18.